The average molecular weight is 694 g/mol. The Morgan fingerprint density at radius 3 is 1.93 bits per heavy atom. The van der Waals surface area contributed by atoms with Crippen LogP contribution >= 0.6 is 12.2 Å². The van der Waals surface area contributed by atoms with Gasteiger partial charge < -0.3 is 25.8 Å². The number of hydrogen-bond acceptors (Lipinski definition) is 9. The van der Waals surface area contributed by atoms with Crippen LogP contribution in [0.3, 0.4) is 0 Å². The second kappa shape index (κ2) is 15.8. The van der Waals surface area contributed by atoms with Crippen LogP contribution in [0.1, 0.15) is 26.4 Å². The molecule has 0 aromatic carbocycles. The SMILES string of the molecule is FC(F)(F)c1cc(-c2ccccn2)[n-]n1.O=C(O)c1ccnc(-c2cc(C(=O)O)cc(-c3ncccn3)n2)c1.[N-]=C=S.[Ru+2]. The van der Waals surface area contributed by atoms with Crippen molar-refractivity contribution in [2.75, 3.05) is 0 Å². The molecular weight excluding hydrogens is 678 g/mol. The molecule has 0 atom stereocenters. The van der Waals surface area contributed by atoms with Gasteiger partial charge in [-0.2, -0.15) is 18.3 Å². The number of carbonyl (C=O) groups is 2. The summed E-state index contributed by atoms with van der Waals surface area (Å²) in [5, 5.41) is 33.3. The molecule has 5 heterocycles. The number of thiocarbonyl (C=S) groups is 1. The maximum atomic E-state index is 12.2. The predicted molar refractivity (Wildman–Crippen MR) is 144 cm³/mol. The second-order valence-electron chi connectivity index (χ2n) is 7.66. The van der Waals surface area contributed by atoms with Crippen LogP contribution in [-0.2, 0) is 25.7 Å². The number of hydrogen-bond donors (Lipinski definition) is 2. The van der Waals surface area contributed by atoms with Crippen LogP contribution in [0.25, 0.3) is 39.7 Å². The van der Waals surface area contributed by atoms with E-state index in [1.807, 2.05) is 0 Å². The van der Waals surface area contributed by atoms with Gasteiger partial charge in [-0.25, -0.2) is 24.5 Å². The quantitative estimate of drug-likeness (QED) is 0.146. The van der Waals surface area contributed by atoms with Crippen molar-refractivity contribution in [3.8, 4) is 34.3 Å². The molecule has 12 nitrogen and oxygen atoms in total. The fourth-order valence-corrected chi connectivity index (χ4v) is 3.11. The Morgan fingerprint density at radius 2 is 1.37 bits per heavy atom. The zero-order valence-corrected chi connectivity index (χ0v) is 23.7. The Bertz CT molecular complexity index is 1720. The van der Waals surface area contributed by atoms with Gasteiger partial charge in [0.15, 0.2) is 5.82 Å². The van der Waals surface area contributed by atoms with Crippen LogP contribution in [0.5, 0.6) is 0 Å². The summed E-state index contributed by atoms with van der Waals surface area (Å²) < 4.78 is 36.6. The summed E-state index contributed by atoms with van der Waals surface area (Å²) in [5.41, 5.74) is 0.236. The predicted octanol–water partition coefficient (Wildman–Crippen LogP) is 4.77. The van der Waals surface area contributed by atoms with Gasteiger partial charge in [0.05, 0.1) is 22.5 Å². The zero-order valence-electron chi connectivity index (χ0n) is 21.2. The molecule has 0 aliphatic rings. The average Bonchev–Trinajstić information content (AvgIpc) is 3.50. The van der Waals surface area contributed by atoms with E-state index >= 15 is 0 Å². The first-order valence-electron chi connectivity index (χ1n) is 11.3. The largest absolute Gasteiger partial charge is 2.00 e. The van der Waals surface area contributed by atoms with Crippen LogP contribution in [0, 0.1) is 0 Å². The molecule has 0 aliphatic heterocycles. The molecule has 0 spiro atoms. The molecule has 218 valence electrons. The molecule has 0 unspecified atom stereocenters. The molecule has 5 rings (SSSR count). The van der Waals surface area contributed by atoms with E-state index in [2.05, 4.69) is 47.3 Å². The summed E-state index contributed by atoms with van der Waals surface area (Å²) in [4.78, 5) is 42.8. The number of halogens is 3. The van der Waals surface area contributed by atoms with E-state index in [9.17, 15) is 27.9 Å². The molecule has 5 aromatic heterocycles. The van der Waals surface area contributed by atoms with Gasteiger partial charge in [0.2, 0.25) is 0 Å². The van der Waals surface area contributed by atoms with Crippen molar-refractivity contribution in [2.24, 2.45) is 0 Å². The molecule has 2 N–H and O–H groups in total. The standard InChI is InChI=1S/C16H10N4O4.C9H5F3N3.CNS.Ru/c21-15(22)9-2-5-17-11(6-9)12-7-10(16(23)24)8-13(20-12)14-18-3-1-4-19-14;10-9(11,12)8-5-7(14-15-8)6-3-1-2-4-13-6;2-1-3;/h1-8H,(H,21,22)(H,23,24);1-5H;;/q;2*-1;+2. The Morgan fingerprint density at radius 1 is 0.791 bits per heavy atom. The normalized spacial score (nSPS) is 10.0. The van der Waals surface area contributed by atoms with Crippen LogP contribution < -0.4 is 5.10 Å². The molecule has 43 heavy (non-hydrogen) atoms. The zero-order chi connectivity index (χ0) is 30.7. The molecule has 5 aromatic rings. The van der Waals surface area contributed by atoms with Gasteiger partial charge >= 0.3 is 37.6 Å². The summed E-state index contributed by atoms with van der Waals surface area (Å²) in [6, 6.07) is 12.8. The van der Waals surface area contributed by atoms with Crippen molar-refractivity contribution in [3.05, 3.63) is 102 Å². The maximum Gasteiger partial charge on any atom is 2.00 e. The number of carboxylic acid groups (broad SMARTS) is 2. The molecule has 0 fully saturated rings. The van der Waals surface area contributed by atoms with Gasteiger partial charge in [-0.3, -0.25) is 9.97 Å². The third kappa shape index (κ3) is 9.74. The Kier molecular flexibility index (Phi) is 12.5. The number of pyridine rings is 3. The van der Waals surface area contributed by atoms with E-state index in [-0.39, 0.29) is 59.2 Å². The van der Waals surface area contributed by atoms with Crippen LogP contribution in [-0.4, -0.2) is 57.3 Å². The van der Waals surface area contributed by atoms with Gasteiger partial charge in [-0.15, -0.1) is 0 Å². The van der Waals surface area contributed by atoms with Crippen molar-refractivity contribution in [1.82, 2.24) is 35.1 Å². The molecule has 17 heteroatoms. The van der Waals surface area contributed by atoms with Gasteiger partial charge in [0.25, 0.3) is 0 Å². The third-order valence-electron chi connectivity index (χ3n) is 4.89. The van der Waals surface area contributed by atoms with Gasteiger partial charge in [0.1, 0.15) is 11.4 Å². The third-order valence-corrected chi connectivity index (χ3v) is 4.89. The summed E-state index contributed by atoms with van der Waals surface area (Å²) in [7, 11) is 0. The first-order valence-corrected chi connectivity index (χ1v) is 11.7. The number of carboxylic acids is 2. The van der Waals surface area contributed by atoms with Crippen LogP contribution in [0.2, 0.25) is 0 Å². The monoisotopic (exact) mass is 694 g/mol. The number of aromatic nitrogens is 7. The van der Waals surface area contributed by atoms with Gasteiger partial charge in [0, 0.05) is 30.5 Å². The summed E-state index contributed by atoms with van der Waals surface area (Å²) in [6.07, 6.45) is 1.38. The summed E-state index contributed by atoms with van der Waals surface area (Å²) in [6.45, 7) is 0. The first-order chi connectivity index (χ1) is 20.0. The molecule has 0 aliphatic carbocycles. The topological polar surface area (TPSA) is 188 Å². The number of rotatable bonds is 5. The van der Waals surface area contributed by atoms with Crippen molar-refractivity contribution in [3.63, 3.8) is 0 Å². The fraction of sp³-hybridized carbons (Fsp3) is 0.0385. The fourth-order valence-electron chi connectivity index (χ4n) is 3.11. The minimum absolute atomic E-state index is 0. The molecule has 0 amide bonds. The number of nitrogens with zero attached hydrogens (tertiary/aromatic N) is 8. The van der Waals surface area contributed by atoms with Crippen molar-refractivity contribution in [1.29, 1.82) is 0 Å². The van der Waals surface area contributed by atoms with E-state index in [0.29, 0.717) is 5.69 Å². The van der Waals surface area contributed by atoms with E-state index in [1.54, 1.807) is 24.3 Å². The van der Waals surface area contributed by atoms with E-state index in [1.165, 1.54) is 54.2 Å². The first kappa shape index (κ1) is 34.1. The molecule has 0 radical (unpaired) electrons. The second-order valence-corrected chi connectivity index (χ2v) is 7.84. The van der Waals surface area contributed by atoms with Crippen molar-refractivity contribution >= 4 is 29.3 Å². The number of alkyl halides is 3. The molecular formula is C26H15F3N8O4RuS. The van der Waals surface area contributed by atoms with Crippen LogP contribution in [0.15, 0.2) is 79.4 Å². The van der Waals surface area contributed by atoms with Gasteiger partial charge in [-0.05, 0) is 48.5 Å². The van der Waals surface area contributed by atoms with Crippen LogP contribution in [0.4, 0.5) is 13.2 Å². The van der Waals surface area contributed by atoms with E-state index < -0.39 is 23.8 Å². The van der Waals surface area contributed by atoms with Crippen molar-refractivity contribution < 1.29 is 52.5 Å². The Labute approximate surface area is 258 Å². The minimum Gasteiger partial charge on any atom is -0.753 e. The van der Waals surface area contributed by atoms with E-state index in [0.717, 1.165) is 6.07 Å². The number of aromatic carboxylic acids is 2. The van der Waals surface area contributed by atoms with Crippen molar-refractivity contribution in [2.45, 2.75) is 6.18 Å². The van der Waals surface area contributed by atoms with E-state index in [4.69, 9.17) is 10.5 Å². The molecule has 0 saturated heterocycles. The Hall–Kier alpha value is -5.11. The minimum atomic E-state index is -4.46. The number of isothiocyanates is 1. The molecule has 0 bridgehead atoms. The van der Waals surface area contributed by atoms with Gasteiger partial charge in [-0.1, -0.05) is 24.0 Å². The summed E-state index contributed by atoms with van der Waals surface area (Å²) in [5.74, 6) is -2.00. The smallest absolute Gasteiger partial charge is 0.753 e. The Balaban J connectivity index is 0.000000292. The molecule has 0 saturated carbocycles. The maximum absolute atomic E-state index is 12.2. The summed E-state index contributed by atoms with van der Waals surface area (Å²) >= 11 is 3.70.